The first kappa shape index (κ1) is 17.5. The van der Waals surface area contributed by atoms with Crippen LogP contribution in [0, 0.1) is 0 Å². The van der Waals surface area contributed by atoms with E-state index in [0.717, 1.165) is 25.2 Å². The second kappa shape index (κ2) is 8.65. The molecule has 5 nitrogen and oxygen atoms in total. The fourth-order valence-corrected chi connectivity index (χ4v) is 2.98. The molecule has 1 aliphatic rings. The summed E-state index contributed by atoms with van der Waals surface area (Å²) in [6, 6.07) is 17.1. The van der Waals surface area contributed by atoms with Gasteiger partial charge < -0.3 is 15.2 Å². The van der Waals surface area contributed by atoms with Gasteiger partial charge in [-0.15, -0.1) is 0 Å². The number of carbonyl (C=O) groups excluding carboxylic acids is 1. The molecule has 0 saturated carbocycles. The maximum atomic E-state index is 12.1. The molecule has 2 aromatic rings. The van der Waals surface area contributed by atoms with Gasteiger partial charge in [-0.1, -0.05) is 42.5 Å². The van der Waals surface area contributed by atoms with E-state index in [1.807, 2.05) is 6.07 Å². The van der Waals surface area contributed by atoms with Gasteiger partial charge in [-0.25, -0.2) is 0 Å². The maximum absolute atomic E-state index is 12.1. The van der Waals surface area contributed by atoms with Crippen molar-refractivity contribution in [2.24, 2.45) is 0 Å². The molecule has 25 heavy (non-hydrogen) atoms. The van der Waals surface area contributed by atoms with Crippen molar-refractivity contribution >= 4 is 5.91 Å². The van der Waals surface area contributed by atoms with Gasteiger partial charge in [-0.05, 0) is 23.3 Å². The van der Waals surface area contributed by atoms with Crippen molar-refractivity contribution in [1.82, 2.24) is 10.2 Å². The number of benzene rings is 2. The Morgan fingerprint density at radius 2 is 1.88 bits per heavy atom. The van der Waals surface area contributed by atoms with Crippen LogP contribution >= 0.6 is 0 Å². The van der Waals surface area contributed by atoms with Crippen LogP contribution in [0.25, 0.3) is 0 Å². The molecule has 1 unspecified atom stereocenters. The minimum absolute atomic E-state index is 0.0150. The topological polar surface area (TPSA) is 61.8 Å². The third-order valence-electron chi connectivity index (χ3n) is 4.30. The summed E-state index contributed by atoms with van der Waals surface area (Å²) in [6.45, 7) is 3.83. The number of aromatic hydroxyl groups is 1. The van der Waals surface area contributed by atoms with Gasteiger partial charge in [0.15, 0.2) is 0 Å². The van der Waals surface area contributed by atoms with Gasteiger partial charge in [0.1, 0.15) is 5.75 Å². The molecule has 1 saturated heterocycles. The third kappa shape index (κ3) is 5.59. The maximum Gasteiger partial charge on any atom is 0.224 e. The number of nitrogens with one attached hydrogen (secondary N) is 1. The van der Waals surface area contributed by atoms with E-state index in [0.29, 0.717) is 19.6 Å². The van der Waals surface area contributed by atoms with E-state index < -0.39 is 0 Å². The SMILES string of the molecule is O=C(Cc1ccc(O)cc1)NCC1CN(Cc2ccccc2)CCO1. The van der Waals surface area contributed by atoms with Gasteiger partial charge in [0.2, 0.25) is 5.91 Å². The fourth-order valence-electron chi connectivity index (χ4n) is 2.98. The minimum atomic E-state index is -0.0329. The Labute approximate surface area is 148 Å². The summed E-state index contributed by atoms with van der Waals surface area (Å²) < 4.78 is 5.77. The number of ether oxygens (including phenoxy) is 1. The summed E-state index contributed by atoms with van der Waals surface area (Å²) in [5, 5.41) is 12.2. The van der Waals surface area contributed by atoms with Crippen molar-refractivity contribution < 1.29 is 14.6 Å². The Bertz CT molecular complexity index is 673. The molecule has 1 fully saturated rings. The van der Waals surface area contributed by atoms with Crippen LogP contribution in [-0.4, -0.2) is 48.3 Å². The second-order valence-electron chi connectivity index (χ2n) is 6.36. The summed E-state index contributed by atoms with van der Waals surface area (Å²) in [5.41, 5.74) is 2.17. The molecule has 1 amide bonds. The second-order valence-corrected chi connectivity index (χ2v) is 6.36. The van der Waals surface area contributed by atoms with Crippen molar-refractivity contribution in [2.75, 3.05) is 26.2 Å². The lowest BCUT2D eigenvalue weighted by atomic mass is 10.1. The predicted molar refractivity (Wildman–Crippen MR) is 96.3 cm³/mol. The van der Waals surface area contributed by atoms with Crippen LogP contribution in [0.2, 0.25) is 0 Å². The summed E-state index contributed by atoms with van der Waals surface area (Å²) in [7, 11) is 0. The van der Waals surface area contributed by atoms with Gasteiger partial charge in [-0.3, -0.25) is 9.69 Å². The molecule has 3 rings (SSSR count). The predicted octanol–water partition coefficient (Wildman–Crippen LogP) is 1.95. The van der Waals surface area contributed by atoms with Crippen LogP contribution in [0.3, 0.4) is 0 Å². The zero-order valence-electron chi connectivity index (χ0n) is 14.2. The van der Waals surface area contributed by atoms with E-state index in [-0.39, 0.29) is 17.8 Å². The summed E-state index contributed by atoms with van der Waals surface area (Å²) in [4.78, 5) is 14.4. The molecule has 0 radical (unpaired) electrons. The number of carbonyl (C=O) groups is 1. The molecule has 5 heteroatoms. The van der Waals surface area contributed by atoms with Crippen molar-refractivity contribution in [2.45, 2.75) is 19.1 Å². The quantitative estimate of drug-likeness (QED) is 0.844. The van der Waals surface area contributed by atoms with E-state index in [4.69, 9.17) is 4.74 Å². The van der Waals surface area contributed by atoms with Crippen LogP contribution in [0.5, 0.6) is 5.75 Å². The number of amides is 1. The highest BCUT2D eigenvalue weighted by Crippen LogP contribution is 2.11. The molecule has 0 spiro atoms. The summed E-state index contributed by atoms with van der Waals surface area (Å²) in [5.74, 6) is 0.174. The van der Waals surface area contributed by atoms with E-state index in [9.17, 15) is 9.90 Å². The number of morpholine rings is 1. The number of phenols is 1. The molecule has 2 N–H and O–H groups in total. The average Bonchev–Trinajstić information content (AvgIpc) is 2.63. The average molecular weight is 340 g/mol. The molecule has 0 bridgehead atoms. The molecule has 1 aliphatic heterocycles. The molecule has 0 aliphatic carbocycles. The summed E-state index contributed by atoms with van der Waals surface area (Å²) in [6.07, 6.45) is 0.321. The van der Waals surface area contributed by atoms with Gasteiger partial charge in [0, 0.05) is 26.2 Å². The van der Waals surface area contributed by atoms with Crippen LogP contribution in [0.15, 0.2) is 54.6 Å². The normalized spacial score (nSPS) is 18.0. The van der Waals surface area contributed by atoms with E-state index >= 15 is 0 Å². The number of phenolic OH excluding ortho intramolecular Hbond substituents is 1. The zero-order chi connectivity index (χ0) is 17.5. The first-order chi connectivity index (χ1) is 12.2. The minimum Gasteiger partial charge on any atom is -0.508 e. The highest BCUT2D eigenvalue weighted by Gasteiger charge is 2.21. The van der Waals surface area contributed by atoms with Crippen molar-refractivity contribution in [3.8, 4) is 5.75 Å². The Morgan fingerprint density at radius 3 is 2.64 bits per heavy atom. The third-order valence-corrected chi connectivity index (χ3v) is 4.30. The highest BCUT2D eigenvalue weighted by molar-refractivity contribution is 5.78. The molecule has 2 aromatic carbocycles. The number of nitrogens with zero attached hydrogens (tertiary/aromatic N) is 1. The van der Waals surface area contributed by atoms with Crippen molar-refractivity contribution in [3.05, 3.63) is 65.7 Å². The molecular formula is C20H24N2O3. The van der Waals surface area contributed by atoms with Gasteiger partial charge in [0.25, 0.3) is 0 Å². The van der Waals surface area contributed by atoms with Crippen LogP contribution < -0.4 is 5.32 Å². The largest absolute Gasteiger partial charge is 0.508 e. The van der Waals surface area contributed by atoms with Gasteiger partial charge >= 0.3 is 0 Å². The van der Waals surface area contributed by atoms with Gasteiger partial charge in [0.05, 0.1) is 19.1 Å². The number of rotatable bonds is 6. The monoisotopic (exact) mass is 340 g/mol. The number of hydrogen-bond donors (Lipinski definition) is 2. The molecule has 132 valence electrons. The van der Waals surface area contributed by atoms with E-state index in [1.54, 1.807) is 24.3 Å². The highest BCUT2D eigenvalue weighted by atomic mass is 16.5. The van der Waals surface area contributed by atoms with E-state index in [2.05, 4.69) is 34.5 Å². The van der Waals surface area contributed by atoms with Gasteiger partial charge in [-0.2, -0.15) is 0 Å². The Morgan fingerprint density at radius 1 is 1.12 bits per heavy atom. The zero-order valence-corrected chi connectivity index (χ0v) is 14.2. The first-order valence-electron chi connectivity index (χ1n) is 8.61. The van der Waals surface area contributed by atoms with Crippen LogP contribution in [-0.2, 0) is 22.5 Å². The lowest BCUT2D eigenvalue weighted by molar-refractivity contribution is -0.121. The lowest BCUT2D eigenvalue weighted by Crippen LogP contribution is -2.47. The van der Waals surface area contributed by atoms with E-state index in [1.165, 1.54) is 5.56 Å². The Kier molecular flexibility index (Phi) is 6.04. The molecule has 0 aromatic heterocycles. The fraction of sp³-hybridized carbons (Fsp3) is 0.350. The standard InChI is InChI=1S/C20H24N2O3/c23-18-8-6-16(7-9-18)12-20(24)21-13-19-15-22(10-11-25-19)14-17-4-2-1-3-5-17/h1-9,19,23H,10-15H2,(H,21,24). The molecule has 1 atom stereocenters. The Balaban J connectivity index is 1.43. The lowest BCUT2D eigenvalue weighted by Gasteiger charge is -2.33. The van der Waals surface area contributed by atoms with Crippen LogP contribution in [0.4, 0.5) is 0 Å². The molecule has 1 heterocycles. The summed E-state index contributed by atoms with van der Waals surface area (Å²) >= 11 is 0. The van der Waals surface area contributed by atoms with Crippen molar-refractivity contribution in [1.29, 1.82) is 0 Å². The smallest absolute Gasteiger partial charge is 0.224 e. The Hall–Kier alpha value is -2.37. The van der Waals surface area contributed by atoms with Crippen molar-refractivity contribution in [3.63, 3.8) is 0 Å². The number of hydrogen-bond acceptors (Lipinski definition) is 4. The molecular weight excluding hydrogens is 316 g/mol. The first-order valence-corrected chi connectivity index (χ1v) is 8.61. The van der Waals surface area contributed by atoms with Crippen LogP contribution in [0.1, 0.15) is 11.1 Å².